The Bertz CT molecular complexity index is 643. The fourth-order valence-electron chi connectivity index (χ4n) is 8.68. The summed E-state index contributed by atoms with van der Waals surface area (Å²) >= 11 is 0. The minimum atomic E-state index is -0.748. The topological polar surface area (TPSA) is 98.0 Å². The molecule has 5 nitrogen and oxygen atoms in total. The molecule has 30 heavy (non-hydrogen) atoms. The normalized spacial score (nSPS) is 51.1. The van der Waals surface area contributed by atoms with E-state index in [1.165, 1.54) is 0 Å². The molecule has 0 unspecified atom stereocenters. The van der Waals surface area contributed by atoms with E-state index in [9.17, 15) is 20.1 Å². The zero-order valence-corrected chi connectivity index (χ0v) is 18.3. The number of aliphatic hydroxyl groups excluding tert-OH is 3. The van der Waals surface area contributed by atoms with Crippen LogP contribution in [-0.4, -0.2) is 82.4 Å². The first-order valence-electron chi connectivity index (χ1n) is 11.8. The summed E-state index contributed by atoms with van der Waals surface area (Å²) in [5.41, 5.74) is -0.143. The summed E-state index contributed by atoms with van der Waals surface area (Å²) in [5.74, 6) is 0.997. The van der Waals surface area contributed by atoms with Crippen molar-refractivity contribution < 1.29 is 25.2 Å². The number of carboxylic acids is 1. The van der Waals surface area contributed by atoms with Crippen molar-refractivity contribution in [3.63, 3.8) is 0 Å². The van der Waals surface area contributed by atoms with Gasteiger partial charge in [-0.15, -0.1) is 0 Å². The SMILES string of the molecule is C[C@H](CCC(=O)O)[C@H]1CC[C@H]2[C@@H]3[C@H](O)C[C@@H]4C[C@H](O)CC[C@]4(C)[C@H]3C[C@H](O)[C@]12C.[CaH2]. The number of hydrogen-bond acceptors (Lipinski definition) is 4. The predicted molar refractivity (Wildman–Crippen MR) is 119 cm³/mol. The van der Waals surface area contributed by atoms with Gasteiger partial charge in [-0.25, -0.2) is 0 Å². The molecule has 4 aliphatic carbocycles. The van der Waals surface area contributed by atoms with Gasteiger partial charge in [0.2, 0.25) is 0 Å². The Kier molecular flexibility index (Phi) is 7.65. The van der Waals surface area contributed by atoms with E-state index in [1.54, 1.807) is 0 Å². The molecule has 4 saturated carbocycles. The molecule has 4 N–H and O–H groups in total. The average molecular weight is 451 g/mol. The zero-order valence-electron chi connectivity index (χ0n) is 18.3. The molecule has 0 aromatic rings. The van der Waals surface area contributed by atoms with Crippen LogP contribution >= 0.6 is 0 Å². The van der Waals surface area contributed by atoms with E-state index in [0.717, 1.165) is 44.9 Å². The first kappa shape index (κ1) is 25.2. The van der Waals surface area contributed by atoms with Gasteiger partial charge in [0.15, 0.2) is 0 Å². The molecule has 0 aromatic carbocycles. The maximum absolute atomic E-state index is 11.5. The quantitative estimate of drug-likeness (QED) is 0.494. The van der Waals surface area contributed by atoms with Gasteiger partial charge in [-0.3, -0.25) is 4.79 Å². The Morgan fingerprint density at radius 3 is 2.40 bits per heavy atom. The molecule has 0 spiro atoms. The second kappa shape index (κ2) is 9.10. The van der Waals surface area contributed by atoms with E-state index in [1.807, 2.05) is 0 Å². The second-order valence-electron chi connectivity index (χ2n) is 11.4. The van der Waals surface area contributed by atoms with Gasteiger partial charge >= 0.3 is 43.7 Å². The van der Waals surface area contributed by atoms with E-state index in [4.69, 9.17) is 5.11 Å². The van der Waals surface area contributed by atoms with Crippen LogP contribution in [0.15, 0.2) is 0 Å². The van der Waals surface area contributed by atoms with E-state index in [-0.39, 0.29) is 79.0 Å². The van der Waals surface area contributed by atoms with Crippen LogP contribution in [0.5, 0.6) is 0 Å². The molecule has 0 aliphatic heterocycles. The van der Waals surface area contributed by atoms with E-state index >= 15 is 0 Å². The minimum absolute atomic E-state index is 0. The monoisotopic (exact) mass is 450 g/mol. The summed E-state index contributed by atoms with van der Waals surface area (Å²) in [4.78, 5) is 11.1. The van der Waals surface area contributed by atoms with Crippen molar-refractivity contribution in [1.29, 1.82) is 0 Å². The van der Waals surface area contributed by atoms with Gasteiger partial charge in [-0.05, 0) is 97.7 Å². The summed E-state index contributed by atoms with van der Waals surface area (Å²) in [6, 6.07) is 0. The third-order valence-corrected chi connectivity index (χ3v) is 10.3. The molecule has 11 atom stereocenters. The molecular weight excluding hydrogens is 408 g/mol. The molecule has 4 rings (SSSR count). The first-order valence-corrected chi connectivity index (χ1v) is 11.8. The summed E-state index contributed by atoms with van der Waals surface area (Å²) in [6.07, 6.45) is 6.00. The zero-order chi connectivity index (χ0) is 21.1. The van der Waals surface area contributed by atoms with Crippen molar-refractivity contribution in [2.75, 3.05) is 0 Å². The molecule has 0 heterocycles. The van der Waals surface area contributed by atoms with Gasteiger partial charge in [-0.1, -0.05) is 20.8 Å². The van der Waals surface area contributed by atoms with Crippen molar-refractivity contribution in [1.82, 2.24) is 0 Å². The van der Waals surface area contributed by atoms with Crippen LogP contribution < -0.4 is 0 Å². The fraction of sp³-hybridized carbons (Fsp3) is 0.958. The van der Waals surface area contributed by atoms with Crippen LogP contribution in [0.25, 0.3) is 0 Å². The average Bonchev–Trinajstić information content (AvgIpc) is 3.01. The van der Waals surface area contributed by atoms with Crippen molar-refractivity contribution >= 4 is 43.7 Å². The second-order valence-corrected chi connectivity index (χ2v) is 11.4. The van der Waals surface area contributed by atoms with Crippen molar-refractivity contribution in [3.05, 3.63) is 0 Å². The Hall–Kier alpha value is 0.610. The number of aliphatic carboxylic acids is 1. The Morgan fingerprint density at radius 2 is 1.73 bits per heavy atom. The molecule has 0 bridgehead atoms. The van der Waals surface area contributed by atoms with E-state index in [2.05, 4.69) is 20.8 Å². The summed E-state index contributed by atoms with van der Waals surface area (Å²) in [5, 5.41) is 42.0. The van der Waals surface area contributed by atoms with E-state index < -0.39 is 12.1 Å². The molecule has 6 heteroatoms. The Morgan fingerprint density at radius 1 is 1.03 bits per heavy atom. The van der Waals surface area contributed by atoms with Crippen molar-refractivity contribution in [2.24, 2.45) is 46.3 Å². The number of carbonyl (C=O) groups is 1. The number of rotatable bonds is 4. The number of hydrogen-bond donors (Lipinski definition) is 4. The van der Waals surface area contributed by atoms with Crippen LogP contribution in [-0.2, 0) is 4.79 Å². The van der Waals surface area contributed by atoms with Crippen LogP contribution in [0.4, 0.5) is 0 Å². The molecule has 0 aromatic heterocycles. The third-order valence-electron chi connectivity index (χ3n) is 10.3. The van der Waals surface area contributed by atoms with Crippen LogP contribution in [0.3, 0.4) is 0 Å². The van der Waals surface area contributed by atoms with Crippen molar-refractivity contribution in [2.45, 2.75) is 96.9 Å². The van der Waals surface area contributed by atoms with Gasteiger partial charge < -0.3 is 20.4 Å². The molecule has 4 aliphatic rings. The molecule has 4 fully saturated rings. The van der Waals surface area contributed by atoms with Gasteiger partial charge in [0, 0.05) is 6.42 Å². The van der Waals surface area contributed by atoms with E-state index in [0.29, 0.717) is 30.1 Å². The number of aliphatic hydroxyl groups is 3. The van der Waals surface area contributed by atoms with Crippen LogP contribution in [0.2, 0.25) is 0 Å². The predicted octanol–water partition coefficient (Wildman–Crippen LogP) is 2.53. The molecule has 0 radical (unpaired) electrons. The van der Waals surface area contributed by atoms with Crippen molar-refractivity contribution in [3.8, 4) is 0 Å². The maximum atomic E-state index is 11.5. The summed E-state index contributed by atoms with van der Waals surface area (Å²) < 4.78 is 0. The Balaban J connectivity index is 0.00000256. The van der Waals surface area contributed by atoms with Gasteiger partial charge in [0.1, 0.15) is 0 Å². The third kappa shape index (κ3) is 3.92. The molecule has 170 valence electrons. The first-order chi connectivity index (χ1) is 13.6. The molecule has 0 saturated heterocycles. The van der Waals surface area contributed by atoms with Crippen LogP contribution in [0, 0.1) is 46.3 Å². The molecular formula is C24H42CaO5. The van der Waals surface area contributed by atoms with Crippen LogP contribution in [0.1, 0.15) is 78.6 Å². The summed E-state index contributed by atoms with van der Waals surface area (Å²) in [7, 11) is 0. The Labute approximate surface area is 211 Å². The number of carboxylic acid groups (broad SMARTS) is 1. The molecule has 0 amide bonds. The van der Waals surface area contributed by atoms with Gasteiger partial charge in [-0.2, -0.15) is 0 Å². The fourth-order valence-corrected chi connectivity index (χ4v) is 8.68. The number of fused-ring (bicyclic) bond motifs is 5. The van der Waals surface area contributed by atoms with Gasteiger partial charge in [0.05, 0.1) is 18.3 Å². The standard InChI is InChI=1S/C24H40O5.Ca.2H/c1-13(4-7-21(28)29)16-5-6-17-22-18(12-20(27)24(16,17)3)23(2)9-8-15(25)10-14(23)11-19(22)26;;;/h13-20,22,25-27H,4-12H2,1-3H3,(H,28,29);;;/t13-,14+,15-,16-,17+,18+,19-,20+,22+,23+,24-;;;/m1.../s1. The van der Waals surface area contributed by atoms with Gasteiger partial charge in [0.25, 0.3) is 0 Å². The summed E-state index contributed by atoms with van der Waals surface area (Å²) in [6.45, 7) is 6.72.